The van der Waals surface area contributed by atoms with Crippen LogP contribution in [0.15, 0.2) is 48.5 Å². The Balaban J connectivity index is 1.31. The number of nitrogens with one attached hydrogen (secondary N) is 1. The van der Waals surface area contributed by atoms with E-state index in [0.717, 1.165) is 33.0 Å². The molecule has 4 amide bonds. The van der Waals surface area contributed by atoms with Gasteiger partial charge in [-0.25, -0.2) is 14.2 Å². The van der Waals surface area contributed by atoms with E-state index < -0.39 is 23.3 Å². The number of hydrogen-bond donors (Lipinski definition) is 1. The van der Waals surface area contributed by atoms with Crippen molar-refractivity contribution < 1.29 is 18.8 Å². The molecule has 0 radical (unpaired) electrons. The predicted molar refractivity (Wildman–Crippen MR) is 127 cm³/mol. The number of piperidine rings is 1. The first-order valence-corrected chi connectivity index (χ1v) is 12.3. The van der Waals surface area contributed by atoms with Gasteiger partial charge in [0.1, 0.15) is 17.9 Å². The molecule has 3 heterocycles. The average Bonchev–Trinajstić information content (AvgIpc) is 3.40. The second-order valence-electron chi connectivity index (χ2n) is 8.79. The molecule has 0 bridgehead atoms. The third-order valence-corrected chi connectivity index (χ3v) is 7.97. The first-order valence-electron chi connectivity index (χ1n) is 11.4. The van der Waals surface area contributed by atoms with Gasteiger partial charge in [0.05, 0.1) is 15.2 Å². The lowest BCUT2D eigenvalue weighted by atomic mass is 9.87. The summed E-state index contributed by atoms with van der Waals surface area (Å²) in [6, 6.07) is 12.9. The number of hydrogen-bond acceptors (Lipinski definition) is 5. The van der Waals surface area contributed by atoms with Crippen molar-refractivity contribution in [3.05, 3.63) is 64.9 Å². The van der Waals surface area contributed by atoms with Crippen LogP contribution in [-0.2, 0) is 15.1 Å². The van der Waals surface area contributed by atoms with Crippen molar-refractivity contribution in [3.8, 4) is 0 Å². The molecule has 34 heavy (non-hydrogen) atoms. The highest BCUT2D eigenvalue weighted by Gasteiger charge is 2.52. The number of carbonyl (C=O) groups excluding carboxylic acids is 3. The minimum absolute atomic E-state index is 0.132. The summed E-state index contributed by atoms with van der Waals surface area (Å²) >= 11 is 1.65. The lowest BCUT2D eigenvalue weighted by molar-refractivity contribution is -0.140. The number of aromatic nitrogens is 1. The summed E-state index contributed by atoms with van der Waals surface area (Å²) < 4.78 is 14.5. The maximum atomic E-state index is 13.4. The van der Waals surface area contributed by atoms with Gasteiger partial charge in [-0.05, 0) is 49.1 Å². The third-order valence-electron chi connectivity index (χ3n) is 6.77. The van der Waals surface area contributed by atoms with Gasteiger partial charge in [0, 0.05) is 19.0 Å². The monoisotopic (exact) mass is 480 g/mol. The number of benzene rings is 2. The number of amides is 4. The zero-order valence-electron chi connectivity index (χ0n) is 18.8. The van der Waals surface area contributed by atoms with Crippen LogP contribution in [0, 0.1) is 5.82 Å². The number of fused-ring (bicyclic) bond motifs is 1. The maximum Gasteiger partial charge on any atom is 0.325 e. The van der Waals surface area contributed by atoms with Crippen LogP contribution in [0.25, 0.3) is 10.2 Å². The standard InChI is InChI=1S/C25H25FN4O3S/c1-2-25(17-9-11-18(26)12-10-17)23(32)30(24(33)28-25)15-21(31)29-13-5-6-16(14-29)22-27-19-7-3-4-8-20(19)34-22/h3-4,7-12,16H,2,5-6,13-15H2,1H3,(H,28,33)/t16-,25+/m1/s1. The molecule has 0 unspecified atom stereocenters. The molecule has 3 aromatic rings. The number of nitrogens with zero attached hydrogens (tertiary/aromatic N) is 3. The van der Waals surface area contributed by atoms with Crippen molar-refractivity contribution in [1.29, 1.82) is 0 Å². The van der Waals surface area contributed by atoms with E-state index in [2.05, 4.69) is 5.32 Å². The lowest BCUT2D eigenvalue weighted by Gasteiger charge is -2.32. The molecule has 2 aromatic carbocycles. The molecule has 0 saturated carbocycles. The molecule has 1 N–H and O–H groups in total. The highest BCUT2D eigenvalue weighted by Crippen LogP contribution is 2.34. The molecule has 9 heteroatoms. The van der Waals surface area contributed by atoms with Crippen LogP contribution in [0.4, 0.5) is 9.18 Å². The Hall–Kier alpha value is -3.33. The molecule has 7 nitrogen and oxygen atoms in total. The molecule has 2 fully saturated rings. The number of urea groups is 1. The number of imide groups is 1. The zero-order valence-corrected chi connectivity index (χ0v) is 19.6. The normalized spacial score (nSPS) is 22.9. The first kappa shape index (κ1) is 22.5. The number of halogens is 1. The summed E-state index contributed by atoms with van der Waals surface area (Å²) in [6.45, 7) is 2.56. The van der Waals surface area contributed by atoms with Crippen LogP contribution in [0.3, 0.4) is 0 Å². The molecular formula is C25H25FN4O3S. The maximum absolute atomic E-state index is 13.4. The fourth-order valence-corrected chi connectivity index (χ4v) is 5.94. The molecule has 5 rings (SSSR count). The van der Waals surface area contributed by atoms with Crippen molar-refractivity contribution in [2.75, 3.05) is 19.6 Å². The second-order valence-corrected chi connectivity index (χ2v) is 9.85. The summed E-state index contributed by atoms with van der Waals surface area (Å²) in [5.74, 6) is -1.04. The summed E-state index contributed by atoms with van der Waals surface area (Å²) in [7, 11) is 0. The van der Waals surface area contributed by atoms with Crippen LogP contribution in [0.1, 0.15) is 42.7 Å². The Bertz CT molecular complexity index is 1230. The topological polar surface area (TPSA) is 82.6 Å². The van der Waals surface area contributed by atoms with Gasteiger partial charge in [0.2, 0.25) is 5.91 Å². The van der Waals surface area contributed by atoms with Gasteiger partial charge in [-0.2, -0.15) is 0 Å². The van der Waals surface area contributed by atoms with E-state index in [1.807, 2.05) is 24.3 Å². The molecule has 0 aliphatic carbocycles. The van der Waals surface area contributed by atoms with Crippen molar-refractivity contribution in [2.24, 2.45) is 0 Å². The SMILES string of the molecule is CC[C@@]1(c2ccc(F)cc2)NC(=O)N(CC(=O)N2CCC[C@@H](c3nc4ccccc4s3)C2)C1=O. The number of rotatable bonds is 5. The van der Waals surface area contributed by atoms with Crippen LogP contribution in [-0.4, -0.2) is 52.3 Å². The quantitative estimate of drug-likeness (QED) is 0.560. The van der Waals surface area contributed by atoms with E-state index in [0.29, 0.717) is 18.7 Å². The summed E-state index contributed by atoms with van der Waals surface area (Å²) in [5, 5.41) is 3.76. The number of carbonyl (C=O) groups is 3. The Kier molecular flexibility index (Phi) is 5.81. The largest absolute Gasteiger partial charge is 0.340 e. The van der Waals surface area contributed by atoms with E-state index in [1.165, 1.54) is 24.3 Å². The highest BCUT2D eigenvalue weighted by atomic mass is 32.1. The summed E-state index contributed by atoms with van der Waals surface area (Å²) in [6.07, 6.45) is 2.06. The van der Waals surface area contributed by atoms with Gasteiger partial charge in [0.15, 0.2) is 0 Å². The number of thiazole rings is 1. The van der Waals surface area contributed by atoms with Crippen molar-refractivity contribution in [3.63, 3.8) is 0 Å². The van der Waals surface area contributed by atoms with Gasteiger partial charge >= 0.3 is 6.03 Å². The molecular weight excluding hydrogens is 455 g/mol. The minimum atomic E-state index is -1.30. The first-order chi connectivity index (χ1) is 16.4. The molecule has 0 spiro atoms. The van der Waals surface area contributed by atoms with Gasteiger partial charge in [-0.15, -0.1) is 11.3 Å². The predicted octanol–water partition coefficient (Wildman–Crippen LogP) is 4.00. The molecule has 176 valence electrons. The molecule has 1 aromatic heterocycles. The molecule has 2 aliphatic rings. The fraction of sp³-hybridized carbons (Fsp3) is 0.360. The van der Waals surface area contributed by atoms with Gasteiger partial charge in [0.25, 0.3) is 5.91 Å². The summed E-state index contributed by atoms with van der Waals surface area (Å²) in [4.78, 5) is 46.7. The third kappa shape index (κ3) is 3.83. The smallest absolute Gasteiger partial charge is 0.325 e. The van der Waals surface area contributed by atoms with Crippen molar-refractivity contribution in [2.45, 2.75) is 37.6 Å². The van der Waals surface area contributed by atoms with Crippen LogP contribution < -0.4 is 5.32 Å². The Morgan fingerprint density at radius 1 is 1.21 bits per heavy atom. The number of likely N-dealkylation sites (tertiary alicyclic amines) is 1. The van der Waals surface area contributed by atoms with Crippen LogP contribution >= 0.6 is 11.3 Å². The van der Waals surface area contributed by atoms with Gasteiger partial charge < -0.3 is 10.2 Å². The second kappa shape index (κ2) is 8.79. The number of para-hydroxylation sites is 1. The van der Waals surface area contributed by atoms with Crippen LogP contribution in [0.5, 0.6) is 0 Å². The molecule has 2 saturated heterocycles. The van der Waals surface area contributed by atoms with E-state index in [-0.39, 0.29) is 24.8 Å². The Morgan fingerprint density at radius 2 is 1.97 bits per heavy atom. The minimum Gasteiger partial charge on any atom is -0.340 e. The van der Waals surface area contributed by atoms with Gasteiger partial charge in [-0.1, -0.05) is 31.2 Å². The fourth-order valence-electron chi connectivity index (χ4n) is 4.85. The van der Waals surface area contributed by atoms with E-state index in [9.17, 15) is 18.8 Å². The van der Waals surface area contributed by atoms with Crippen molar-refractivity contribution >= 4 is 39.4 Å². The van der Waals surface area contributed by atoms with E-state index >= 15 is 0 Å². The molecule has 2 aliphatic heterocycles. The molecule has 2 atom stereocenters. The van der Waals surface area contributed by atoms with E-state index in [4.69, 9.17) is 4.98 Å². The Morgan fingerprint density at radius 3 is 2.71 bits per heavy atom. The zero-order chi connectivity index (χ0) is 23.9. The van der Waals surface area contributed by atoms with Crippen LogP contribution in [0.2, 0.25) is 0 Å². The Labute approximate surface area is 200 Å². The average molecular weight is 481 g/mol. The highest BCUT2D eigenvalue weighted by molar-refractivity contribution is 7.18. The van der Waals surface area contributed by atoms with Gasteiger partial charge in [-0.3, -0.25) is 14.5 Å². The van der Waals surface area contributed by atoms with Crippen molar-refractivity contribution in [1.82, 2.24) is 20.1 Å². The summed E-state index contributed by atoms with van der Waals surface area (Å²) in [5.41, 5.74) is 0.164. The lowest BCUT2D eigenvalue weighted by Crippen LogP contribution is -2.47. The van der Waals surface area contributed by atoms with E-state index in [1.54, 1.807) is 23.2 Å².